The SMILES string of the molecule is CNCc1ccc(Cl)cc1N(CC(C)C)CC(C)C. The molecule has 0 aliphatic carbocycles. The molecule has 1 aromatic carbocycles. The third-order valence-electron chi connectivity index (χ3n) is 2.93. The van der Waals surface area contributed by atoms with Gasteiger partial charge in [0.15, 0.2) is 0 Å². The lowest BCUT2D eigenvalue weighted by atomic mass is 10.1. The summed E-state index contributed by atoms with van der Waals surface area (Å²) in [6.45, 7) is 12.0. The van der Waals surface area contributed by atoms with Crippen molar-refractivity contribution in [3.05, 3.63) is 28.8 Å². The van der Waals surface area contributed by atoms with Crippen LogP contribution >= 0.6 is 11.6 Å². The first kappa shape index (κ1) is 16.3. The molecule has 0 aliphatic rings. The molecule has 0 radical (unpaired) electrons. The molecule has 19 heavy (non-hydrogen) atoms. The number of rotatable bonds is 7. The van der Waals surface area contributed by atoms with E-state index in [9.17, 15) is 0 Å². The molecule has 0 atom stereocenters. The molecule has 0 bridgehead atoms. The Bertz CT molecular complexity index is 378. The number of anilines is 1. The summed E-state index contributed by atoms with van der Waals surface area (Å²) in [4.78, 5) is 2.47. The summed E-state index contributed by atoms with van der Waals surface area (Å²) >= 11 is 6.19. The van der Waals surface area contributed by atoms with Gasteiger partial charge in [-0.15, -0.1) is 0 Å². The number of nitrogens with zero attached hydrogens (tertiary/aromatic N) is 1. The van der Waals surface area contributed by atoms with Crippen LogP contribution in [0.4, 0.5) is 5.69 Å². The Morgan fingerprint density at radius 3 is 2.16 bits per heavy atom. The predicted molar refractivity (Wildman–Crippen MR) is 86.1 cm³/mol. The topological polar surface area (TPSA) is 15.3 Å². The summed E-state index contributed by atoms with van der Waals surface area (Å²) in [6, 6.07) is 6.20. The highest BCUT2D eigenvalue weighted by atomic mass is 35.5. The molecule has 0 aromatic heterocycles. The van der Waals surface area contributed by atoms with Gasteiger partial charge in [0.05, 0.1) is 0 Å². The molecule has 0 saturated carbocycles. The third kappa shape index (κ3) is 5.42. The molecular weight excluding hydrogens is 256 g/mol. The minimum Gasteiger partial charge on any atom is -0.371 e. The smallest absolute Gasteiger partial charge is 0.0426 e. The van der Waals surface area contributed by atoms with Gasteiger partial charge < -0.3 is 10.2 Å². The Morgan fingerprint density at radius 2 is 1.68 bits per heavy atom. The first-order valence-electron chi connectivity index (χ1n) is 7.12. The summed E-state index contributed by atoms with van der Waals surface area (Å²) in [5.74, 6) is 1.28. The fraction of sp³-hybridized carbons (Fsp3) is 0.625. The highest BCUT2D eigenvalue weighted by Crippen LogP contribution is 2.26. The molecule has 0 amide bonds. The van der Waals surface area contributed by atoms with Gasteiger partial charge >= 0.3 is 0 Å². The zero-order valence-corrected chi connectivity index (χ0v) is 13.6. The molecule has 3 heteroatoms. The van der Waals surface area contributed by atoms with Crippen molar-refractivity contribution in [1.82, 2.24) is 5.32 Å². The number of halogens is 1. The van der Waals surface area contributed by atoms with Crippen molar-refractivity contribution < 1.29 is 0 Å². The van der Waals surface area contributed by atoms with E-state index in [0.29, 0.717) is 11.8 Å². The molecular formula is C16H27ClN2. The second kappa shape index (κ2) is 7.76. The highest BCUT2D eigenvalue weighted by molar-refractivity contribution is 6.30. The lowest BCUT2D eigenvalue weighted by Gasteiger charge is -2.30. The van der Waals surface area contributed by atoms with Crippen molar-refractivity contribution in [3.63, 3.8) is 0 Å². The fourth-order valence-corrected chi connectivity index (χ4v) is 2.49. The van der Waals surface area contributed by atoms with Crippen molar-refractivity contribution in [1.29, 1.82) is 0 Å². The quantitative estimate of drug-likeness (QED) is 0.807. The van der Waals surface area contributed by atoms with Gasteiger partial charge in [0, 0.05) is 30.3 Å². The largest absolute Gasteiger partial charge is 0.371 e. The first-order chi connectivity index (χ1) is 8.93. The summed E-state index contributed by atoms with van der Waals surface area (Å²) in [5.41, 5.74) is 2.58. The van der Waals surface area contributed by atoms with Crippen LogP contribution < -0.4 is 10.2 Å². The fourth-order valence-electron chi connectivity index (χ4n) is 2.32. The molecule has 1 N–H and O–H groups in total. The van der Waals surface area contributed by atoms with Crippen LogP contribution in [0.25, 0.3) is 0 Å². The lowest BCUT2D eigenvalue weighted by molar-refractivity contribution is 0.551. The average molecular weight is 283 g/mol. The van der Waals surface area contributed by atoms with Crippen LogP contribution in [0.1, 0.15) is 33.3 Å². The van der Waals surface area contributed by atoms with Crippen molar-refractivity contribution in [2.24, 2.45) is 11.8 Å². The average Bonchev–Trinajstić information content (AvgIpc) is 2.29. The number of hydrogen-bond acceptors (Lipinski definition) is 2. The standard InChI is InChI=1S/C16H27ClN2/c1-12(2)10-19(11-13(3)4)16-8-15(17)7-6-14(16)9-18-5/h6-8,12-13,18H,9-11H2,1-5H3. The monoisotopic (exact) mass is 282 g/mol. The number of hydrogen-bond donors (Lipinski definition) is 1. The van der Waals surface area contributed by atoms with Gasteiger partial charge in [0.25, 0.3) is 0 Å². The van der Waals surface area contributed by atoms with Crippen LogP contribution in [0.2, 0.25) is 5.02 Å². The van der Waals surface area contributed by atoms with Gasteiger partial charge in [0.1, 0.15) is 0 Å². The maximum atomic E-state index is 6.19. The summed E-state index contributed by atoms with van der Waals surface area (Å²) < 4.78 is 0. The normalized spacial score (nSPS) is 11.4. The Balaban J connectivity index is 3.07. The van der Waals surface area contributed by atoms with Gasteiger partial charge in [-0.2, -0.15) is 0 Å². The minimum atomic E-state index is 0.639. The molecule has 0 fully saturated rings. The van der Waals surface area contributed by atoms with Gasteiger partial charge in [-0.25, -0.2) is 0 Å². The second-order valence-corrected chi connectivity index (χ2v) is 6.43. The van der Waals surface area contributed by atoms with Crippen molar-refractivity contribution in [2.45, 2.75) is 34.2 Å². The van der Waals surface area contributed by atoms with Crippen LogP contribution in [0, 0.1) is 11.8 Å². The van der Waals surface area contributed by atoms with Crippen molar-refractivity contribution in [2.75, 3.05) is 25.0 Å². The number of benzene rings is 1. The van der Waals surface area contributed by atoms with E-state index in [1.165, 1.54) is 11.3 Å². The van der Waals surface area contributed by atoms with E-state index in [1.807, 2.05) is 13.1 Å². The molecule has 2 nitrogen and oxygen atoms in total. The van der Waals surface area contributed by atoms with Crippen LogP contribution in [0.15, 0.2) is 18.2 Å². The minimum absolute atomic E-state index is 0.639. The Morgan fingerprint density at radius 1 is 1.11 bits per heavy atom. The Hall–Kier alpha value is -0.730. The van der Waals surface area contributed by atoms with Gasteiger partial charge in [0.2, 0.25) is 0 Å². The van der Waals surface area contributed by atoms with Gasteiger partial charge in [-0.3, -0.25) is 0 Å². The molecule has 0 spiro atoms. The van der Waals surface area contributed by atoms with E-state index >= 15 is 0 Å². The third-order valence-corrected chi connectivity index (χ3v) is 3.16. The maximum Gasteiger partial charge on any atom is 0.0426 e. The highest BCUT2D eigenvalue weighted by Gasteiger charge is 2.14. The van der Waals surface area contributed by atoms with E-state index in [-0.39, 0.29) is 0 Å². The number of nitrogens with one attached hydrogen (secondary N) is 1. The predicted octanol–water partition coefficient (Wildman–Crippen LogP) is 4.18. The summed E-state index contributed by atoms with van der Waals surface area (Å²) in [6.07, 6.45) is 0. The molecule has 0 aliphatic heterocycles. The first-order valence-corrected chi connectivity index (χ1v) is 7.49. The summed E-state index contributed by atoms with van der Waals surface area (Å²) in [7, 11) is 1.98. The lowest BCUT2D eigenvalue weighted by Crippen LogP contribution is -2.32. The van der Waals surface area contributed by atoms with E-state index in [2.05, 4.69) is 50.0 Å². The Kier molecular flexibility index (Phi) is 6.67. The maximum absolute atomic E-state index is 6.19. The zero-order valence-electron chi connectivity index (χ0n) is 12.8. The molecule has 1 aromatic rings. The van der Waals surface area contributed by atoms with Crippen LogP contribution in [0.3, 0.4) is 0 Å². The molecule has 1 rings (SSSR count). The van der Waals surface area contributed by atoms with Crippen LogP contribution in [-0.2, 0) is 6.54 Å². The van der Waals surface area contributed by atoms with Gasteiger partial charge in [-0.05, 0) is 36.6 Å². The van der Waals surface area contributed by atoms with Crippen LogP contribution in [0.5, 0.6) is 0 Å². The van der Waals surface area contributed by atoms with E-state index in [1.54, 1.807) is 0 Å². The summed E-state index contributed by atoms with van der Waals surface area (Å²) in [5, 5.41) is 4.05. The van der Waals surface area contributed by atoms with E-state index < -0.39 is 0 Å². The second-order valence-electron chi connectivity index (χ2n) is 6.00. The van der Waals surface area contributed by atoms with Crippen molar-refractivity contribution >= 4 is 17.3 Å². The van der Waals surface area contributed by atoms with Crippen LogP contribution in [-0.4, -0.2) is 20.1 Å². The van der Waals surface area contributed by atoms with Gasteiger partial charge in [-0.1, -0.05) is 45.4 Å². The molecule has 0 heterocycles. The van der Waals surface area contributed by atoms with Crippen molar-refractivity contribution in [3.8, 4) is 0 Å². The molecule has 0 saturated heterocycles. The molecule has 108 valence electrons. The Labute approximate surface area is 123 Å². The zero-order chi connectivity index (χ0) is 14.4. The van der Waals surface area contributed by atoms with E-state index in [0.717, 1.165) is 24.7 Å². The van der Waals surface area contributed by atoms with E-state index in [4.69, 9.17) is 11.6 Å². The molecule has 0 unspecified atom stereocenters.